The van der Waals surface area contributed by atoms with Crippen LogP contribution in [-0.4, -0.2) is 24.1 Å². The van der Waals surface area contributed by atoms with Gasteiger partial charge in [-0.15, -0.1) is 11.3 Å². The highest BCUT2D eigenvalue weighted by Crippen LogP contribution is 2.18. The number of hydrogen-bond donors (Lipinski definition) is 1. The van der Waals surface area contributed by atoms with Crippen molar-refractivity contribution in [2.24, 2.45) is 0 Å². The fraction of sp³-hybridized carbons (Fsp3) is 0.692. The lowest BCUT2D eigenvalue weighted by molar-refractivity contribution is 0.574. The van der Waals surface area contributed by atoms with Crippen molar-refractivity contribution < 1.29 is 0 Å². The van der Waals surface area contributed by atoms with Gasteiger partial charge in [0.2, 0.25) is 0 Å². The highest BCUT2D eigenvalue weighted by Gasteiger charge is 2.09. The summed E-state index contributed by atoms with van der Waals surface area (Å²) in [5, 5.41) is 6.38. The minimum absolute atomic E-state index is 0.654. The van der Waals surface area contributed by atoms with Gasteiger partial charge >= 0.3 is 0 Å². The van der Waals surface area contributed by atoms with Crippen LogP contribution in [0.5, 0.6) is 0 Å². The molecule has 0 saturated carbocycles. The lowest BCUT2D eigenvalue weighted by Crippen LogP contribution is -2.28. The topological polar surface area (TPSA) is 12.0 Å². The van der Waals surface area contributed by atoms with Gasteiger partial charge in [-0.2, -0.15) is 11.8 Å². The molecule has 2 atom stereocenters. The van der Waals surface area contributed by atoms with Gasteiger partial charge in [-0.1, -0.05) is 19.9 Å². The monoisotopic (exact) mass is 257 g/mol. The van der Waals surface area contributed by atoms with Crippen molar-refractivity contribution in [2.45, 2.75) is 44.4 Å². The predicted octanol–water partition coefficient (Wildman–Crippen LogP) is 3.80. The van der Waals surface area contributed by atoms with Crippen LogP contribution in [0.1, 0.15) is 31.6 Å². The molecule has 1 N–H and O–H groups in total. The normalized spacial score (nSPS) is 14.9. The molecule has 0 spiro atoms. The number of aryl methyl sites for hydroxylation is 1. The molecule has 0 aromatic carbocycles. The summed E-state index contributed by atoms with van der Waals surface area (Å²) < 4.78 is 0. The van der Waals surface area contributed by atoms with E-state index >= 15 is 0 Å². The Kier molecular flexibility index (Phi) is 7.17. The molecule has 1 nitrogen and oxygen atoms in total. The van der Waals surface area contributed by atoms with Crippen LogP contribution in [0.15, 0.2) is 17.5 Å². The first-order valence-electron chi connectivity index (χ1n) is 6.07. The molecule has 0 aliphatic rings. The zero-order valence-electron chi connectivity index (χ0n) is 10.5. The van der Waals surface area contributed by atoms with Crippen LogP contribution in [-0.2, 0) is 6.42 Å². The zero-order chi connectivity index (χ0) is 11.8. The molecular weight excluding hydrogens is 234 g/mol. The Bertz CT molecular complexity index is 259. The average molecular weight is 257 g/mol. The second-order valence-electron chi connectivity index (χ2n) is 4.16. The smallest absolute Gasteiger partial charge is 0.0158 e. The van der Waals surface area contributed by atoms with Crippen LogP contribution >= 0.6 is 23.1 Å². The molecule has 2 unspecified atom stereocenters. The molecule has 92 valence electrons. The molecule has 0 aliphatic carbocycles. The third-order valence-corrected chi connectivity index (χ3v) is 5.32. The molecule has 0 amide bonds. The first kappa shape index (κ1) is 14.1. The SMILES string of the molecule is CCC(C)SCC(CCc1cccs1)NC. The Hall–Kier alpha value is 0.01000. The van der Waals surface area contributed by atoms with Crippen molar-refractivity contribution >= 4 is 23.1 Å². The summed E-state index contributed by atoms with van der Waals surface area (Å²) in [5.74, 6) is 1.23. The summed E-state index contributed by atoms with van der Waals surface area (Å²) in [7, 11) is 2.08. The average Bonchev–Trinajstić information content (AvgIpc) is 2.81. The molecule has 0 radical (unpaired) electrons. The Balaban J connectivity index is 2.21. The summed E-state index contributed by atoms with van der Waals surface area (Å²) in [6.07, 6.45) is 3.73. The number of thiophene rings is 1. The van der Waals surface area contributed by atoms with Gasteiger partial charge in [-0.05, 0) is 37.8 Å². The molecule has 0 aliphatic heterocycles. The summed E-state index contributed by atoms with van der Waals surface area (Å²) in [4.78, 5) is 1.51. The molecule has 1 aromatic rings. The molecule has 16 heavy (non-hydrogen) atoms. The maximum Gasteiger partial charge on any atom is 0.0158 e. The van der Waals surface area contributed by atoms with Gasteiger partial charge in [0.25, 0.3) is 0 Å². The van der Waals surface area contributed by atoms with Gasteiger partial charge in [-0.25, -0.2) is 0 Å². The first-order valence-corrected chi connectivity index (χ1v) is 8.00. The number of nitrogens with one attached hydrogen (secondary N) is 1. The van der Waals surface area contributed by atoms with Gasteiger partial charge in [0.15, 0.2) is 0 Å². The Morgan fingerprint density at radius 3 is 2.88 bits per heavy atom. The molecule has 0 bridgehead atoms. The van der Waals surface area contributed by atoms with Crippen LogP contribution in [0.4, 0.5) is 0 Å². The largest absolute Gasteiger partial charge is 0.316 e. The van der Waals surface area contributed by atoms with Crippen molar-refractivity contribution in [1.82, 2.24) is 5.32 Å². The lowest BCUT2D eigenvalue weighted by Gasteiger charge is -2.17. The van der Waals surface area contributed by atoms with Gasteiger partial charge in [-0.3, -0.25) is 0 Å². The maximum atomic E-state index is 3.43. The van der Waals surface area contributed by atoms with E-state index in [0.29, 0.717) is 6.04 Å². The predicted molar refractivity (Wildman–Crippen MR) is 77.7 cm³/mol. The maximum absolute atomic E-state index is 3.43. The molecule has 1 aromatic heterocycles. The van der Waals surface area contributed by atoms with E-state index in [1.54, 1.807) is 0 Å². The second kappa shape index (κ2) is 8.15. The standard InChI is InChI=1S/C13H23NS2/c1-4-11(2)16-10-12(14-3)7-8-13-6-5-9-15-13/h5-6,9,11-12,14H,4,7-8,10H2,1-3H3. The Morgan fingerprint density at radius 2 is 2.31 bits per heavy atom. The third kappa shape index (κ3) is 5.37. The minimum atomic E-state index is 0.654. The van der Waals surface area contributed by atoms with Crippen LogP contribution in [0.2, 0.25) is 0 Å². The minimum Gasteiger partial charge on any atom is -0.316 e. The summed E-state index contributed by atoms with van der Waals surface area (Å²) in [6.45, 7) is 4.58. The number of hydrogen-bond acceptors (Lipinski definition) is 3. The van der Waals surface area contributed by atoms with Crippen LogP contribution in [0.25, 0.3) is 0 Å². The van der Waals surface area contributed by atoms with E-state index in [1.165, 1.54) is 29.9 Å². The Morgan fingerprint density at radius 1 is 1.50 bits per heavy atom. The molecule has 1 heterocycles. The van der Waals surface area contributed by atoms with Gasteiger partial charge in [0.1, 0.15) is 0 Å². The van der Waals surface area contributed by atoms with Crippen LogP contribution in [0, 0.1) is 0 Å². The molecular formula is C13H23NS2. The summed E-state index contributed by atoms with van der Waals surface area (Å²) >= 11 is 3.96. The second-order valence-corrected chi connectivity index (χ2v) is 6.66. The van der Waals surface area contributed by atoms with Gasteiger partial charge < -0.3 is 5.32 Å². The first-order chi connectivity index (χ1) is 7.76. The number of rotatable bonds is 8. The lowest BCUT2D eigenvalue weighted by atomic mass is 10.1. The molecule has 1 rings (SSSR count). The summed E-state index contributed by atoms with van der Waals surface area (Å²) in [5.41, 5.74) is 0. The quantitative estimate of drug-likeness (QED) is 0.760. The van der Waals surface area contributed by atoms with Crippen LogP contribution in [0.3, 0.4) is 0 Å². The van der Waals surface area contributed by atoms with E-state index in [1.807, 2.05) is 11.3 Å². The van der Waals surface area contributed by atoms with Gasteiger partial charge in [0, 0.05) is 21.9 Å². The van der Waals surface area contributed by atoms with E-state index in [-0.39, 0.29) is 0 Å². The summed E-state index contributed by atoms with van der Waals surface area (Å²) in [6, 6.07) is 5.03. The van der Waals surface area contributed by atoms with Crippen molar-refractivity contribution in [3.63, 3.8) is 0 Å². The molecule has 3 heteroatoms. The van der Waals surface area contributed by atoms with E-state index in [4.69, 9.17) is 0 Å². The fourth-order valence-electron chi connectivity index (χ4n) is 1.48. The van der Waals surface area contributed by atoms with Crippen LogP contribution < -0.4 is 5.32 Å². The van der Waals surface area contributed by atoms with E-state index in [9.17, 15) is 0 Å². The van der Waals surface area contributed by atoms with Crippen molar-refractivity contribution in [3.05, 3.63) is 22.4 Å². The molecule has 0 saturated heterocycles. The van der Waals surface area contributed by atoms with E-state index in [2.05, 4.69) is 55.5 Å². The van der Waals surface area contributed by atoms with Gasteiger partial charge in [0.05, 0.1) is 0 Å². The molecule has 0 fully saturated rings. The fourth-order valence-corrected chi connectivity index (χ4v) is 3.34. The Labute approximate surface area is 108 Å². The van der Waals surface area contributed by atoms with E-state index < -0.39 is 0 Å². The van der Waals surface area contributed by atoms with Crippen molar-refractivity contribution in [2.75, 3.05) is 12.8 Å². The van der Waals surface area contributed by atoms with Crippen molar-refractivity contribution in [1.29, 1.82) is 0 Å². The number of thioether (sulfide) groups is 1. The van der Waals surface area contributed by atoms with Crippen molar-refractivity contribution in [3.8, 4) is 0 Å². The van der Waals surface area contributed by atoms with E-state index in [0.717, 1.165) is 5.25 Å². The highest BCUT2D eigenvalue weighted by atomic mass is 32.2. The third-order valence-electron chi connectivity index (χ3n) is 2.88. The highest BCUT2D eigenvalue weighted by molar-refractivity contribution is 7.99. The zero-order valence-corrected chi connectivity index (χ0v) is 12.2.